The number of hydrogen-bond donors (Lipinski definition) is 1. The molecule has 0 spiro atoms. The summed E-state index contributed by atoms with van der Waals surface area (Å²) in [6.45, 7) is 8.98. The van der Waals surface area contributed by atoms with Crippen LogP contribution in [-0.2, 0) is 18.4 Å². The molecule has 0 radical (unpaired) electrons. The first-order valence-corrected chi connectivity index (χ1v) is 14.0. The number of hydrogen-bond acceptors (Lipinski definition) is 2. The van der Waals surface area contributed by atoms with E-state index in [0.29, 0.717) is 5.92 Å². The van der Waals surface area contributed by atoms with Crippen LogP contribution in [0.15, 0.2) is 66.3 Å². The number of para-hydroxylation sites is 2. The van der Waals surface area contributed by atoms with Gasteiger partial charge in [-0.1, -0.05) is 54.1 Å². The minimum absolute atomic E-state index is 0.113. The SMILES string of the molecule is CC(C)=CC1CC(C)(C=Cc2[nH]c3ccccc3c2CCN(C)C)n2c1c(CCN(C)C)c1ccccc12. The van der Waals surface area contributed by atoms with Gasteiger partial charge in [-0.3, -0.25) is 0 Å². The van der Waals surface area contributed by atoms with Gasteiger partial charge in [0.1, 0.15) is 0 Å². The summed E-state index contributed by atoms with van der Waals surface area (Å²) in [5, 5.41) is 2.75. The van der Waals surface area contributed by atoms with Crippen molar-refractivity contribution in [1.29, 1.82) is 0 Å². The van der Waals surface area contributed by atoms with Crippen LogP contribution in [0.5, 0.6) is 0 Å². The zero-order valence-electron chi connectivity index (χ0n) is 24.3. The van der Waals surface area contributed by atoms with Gasteiger partial charge in [0.15, 0.2) is 0 Å². The Morgan fingerprint density at radius 3 is 2.24 bits per heavy atom. The Morgan fingerprint density at radius 2 is 1.55 bits per heavy atom. The van der Waals surface area contributed by atoms with Crippen molar-refractivity contribution < 1.29 is 0 Å². The molecule has 2 unspecified atom stereocenters. The predicted molar refractivity (Wildman–Crippen MR) is 164 cm³/mol. The van der Waals surface area contributed by atoms with E-state index in [0.717, 1.165) is 32.4 Å². The molecule has 3 heterocycles. The van der Waals surface area contributed by atoms with E-state index in [1.165, 1.54) is 49.9 Å². The Hall–Kier alpha value is -3.08. The van der Waals surface area contributed by atoms with Gasteiger partial charge < -0.3 is 19.4 Å². The lowest BCUT2D eigenvalue weighted by Crippen LogP contribution is -2.23. The Labute approximate surface area is 228 Å². The van der Waals surface area contributed by atoms with Crippen molar-refractivity contribution in [1.82, 2.24) is 19.4 Å². The van der Waals surface area contributed by atoms with Crippen molar-refractivity contribution in [3.63, 3.8) is 0 Å². The van der Waals surface area contributed by atoms with Crippen molar-refractivity contribution in [2.75, 3.05) is 41.3 Å². The number of benzene rings is 2. The second-order valence-corrected chi connectivity index (χ2v) is 12.1. The van der Waals surface area contributed by atoms with E-state index in [4.69, 9.17) is 0 Å². The number of nitrogens with zero attached hydrogens (tertiary/aromatic N) is 3. The first kappa shape index (κ1) is 26.5. The van der Waals surface area contributed by atoms with Crippen LogP contribution < -0.4 is 0 Å². The third-order valence-corrected chi connectivity index (χ3v) is 8.12. The summed E-state index contributed by atoms with van der Waals surface area (Å²) < 4.78 is 2.66. The van der Waals surface area contributed by atoms with Gasteiger partial charge in [0.25, 0.3) is 0 Å². The van der Waals surface area contributed by atoms with Crippen LogP contribution in [0.1, 0.15) is 55.6 Å². The highest BCUT2D eigenvalue weighted by atomic mass is 15.1. The third kappa shape index (κ3) is 5.00. The van der Waals surface area contributed by atoms with Gasteiger partial charge in [-0.15, -0.1) is 0 Å². The second kappa shape index (κ2) is 10.6. The fraction of sp³-hybridized carbons (Fsp3) is 0.412. The average Bonchev–Trinajstić information content (AvgIpc) is 3.48. The molecule has 0 saturated carbocycles. The van der Waals surface area contributed by atoms with Crippen LogP contribution in [0.2, 0.25) is 0 Å². The fourth-order valence-electron chi connectivity index (χ4n) is 6.41. The van der Waals surface area contributed by atoms with Gasteiger partial charge >= 0.3 is 0 Å². The van der Waals surface area contributed by atoms with E-state index in [2.05, 4.69) is 135 Å². The summed E-state index contributed by atoms with van der Waals surface area (Å²) in [6, 6.07) is 17.8. The van der Waals surface area contributed by atoms with E-state index in [9.17, 15) is 0 Å². The lowest BCUT2D eigenvalue weighted by molar-refractivity contribution is 0.413. The van der Waals surface area contributed by atoms with Crippen LogP contribution >= 0.6 is 0 Å². The molecule has 4 heteroatoms. The first-order valence-electron chi connectivity index (χ1n) is 14.0. The lowest BCUT2D eigenvalue weighted by Gasteiger charge is -2.25. The molecule has 2 aromatic carbocycles. The summed E-state index contributed by atoms with van der Waals surface area (Å²) in [6.07, 6.45) is 10.5. The summed E-state index contributed by atoms with van der Waals surface area (Å²) in [5.41, 5.74) is 9.54. The zero-order valence-corrected chi connectivity index (χ0v) is 24.3. The van der Waals surface area contributed by atoms with E-state index in [-0.39, 0.29) is 5.54 Å². The van der Waals surface area contributed by atoms with Crippen molar-refractivity contribution >= 4 is 27.9 Å². The number of nitrogens with one attached hydrogen (secondary N) is 1. The number of allylic oxidation sites excluding steroid dienone is 3. The van der Waals surface area contributed by atoms with Crippen molar-refractivity contribution in [2.45, 2.75) is 51.5 Å². The molecule has 0 saturated heterocycles. The summed E-state index contributed by atoms with van der Waals surface area (Å²) in [4.78, 5) is 8.31. The molecule has 1 aliphatic heterocycles. The van der Waals surface area contributed by atoms with Crippen LogP contribution in [0.25, 0.3) is 27.9 Å². The molecule has 1 aliphatic rings. The van der Waals surface area contributed by atoms with Crippen molar-refractivity contribution in [2.24, 2.45) is 0 Å². The van der Waals surface area contributed by atoms with Gasteiger partial charge in [-0.25, -0.2) is 0 Å². The molecule has 38 heavy (non-hydrogen) atoms. The van der Waals surface area contributed by atoms with E-state index >= 15 is 0 Å². The maximum Gasteiger partial charge on any atom is 0.0616 e. The Kier molecular flexibility index (Phi) is 7.39. The van der Waals surface area contributed by atoms with Crippen LogP contribution in [0.3, 0.4) is 0 Å². The largest absolute Gasteiger partial charge is 0.355 e. The number of rotatable bonds is 9. The monoisotopic (exact) mass is 508 g/mol. The molecule has 200 valence electrons. The zero-order chi connectivity index (χ0) is 27.0. The first-order chi connectivity index (χ1) is 18.2. The molecule has 0 amide bonds. The van der Waals surface area contributed by atoms with E-state index in [1.54, 1.807) is 0 Å². The number of aromatic amines is 1. The van der Waals surface area contributed by atoms with Gasteiger partial charge in [-0.05, 0) is 97.6 Å². The Morgan fingerprint density at radius 1 is 0.921 bits per heavy atom. The molecule has 4 aromatic rings. The van der Waals surface area contributed by atoms with Crippen molar-refractivity contribution in [3.8, 4) is 0 Å². The lowest BCUT2D eigenvalue weighted by atomic mass is 9.88. The molecule has 1 N–H and O–H groups in total. The van der Waals surface area contributed by atoms with Crippen LogP contribution in [-0.4, -0.2) is 60.6 Å². The molecule has 2 atom stereocenters. The maximum absolute atomic E-state index is 3.74. The fourth-order valence-corrected chi connectivity index (χ4v) is 6.41. The number of H-pyrrole nitrogens is 1. The number of fused-ring (bicyclic) bond motifs is 4. The highest BCUT2D eigenvalue weighted by Crippen LogP contribution is 2.49. The quantitative estimate of drug-likeness (QED) is 0.242. The molecule has 2 aromatic heterocycles. The molecule has 0 fully saturated rings. The standard InChI is InChI=1S/C34H44N4/c1-24(2)22-25-23-34(3,38-32-15-11-9-13-28(32)29(33(25)38)18-21-37(6)7)19-16-31-27(17-20-36(4)5)26-12-8-10-14-30(26)35-31/h8-16,19,22,25,35H,17-18,20-21,23H2,1-7H3. The Bertz CT molecular complexity index is 1490. The molecular weight excluding hydrogens is 464 g/mol. The number of aromatic nitrogens is 2. The van der Waals surface area contributed by atoms with Gasteiger partial charge in [0, 0.05) is 52.2 Å². The van der Waals surface area contributed by atoms with E-state index in [1.807, 2.05) is 0 Å². The third-order valence-electron chi connectivity index (χ3n) is 8.12. The maximum atomic E-state index is 3.74. The average molecular weight is 509 g/mol. The molecule has 5 rings (SSSR count). The van der Waals surface area contributed by atoms with Crippen molar-refractivity contribution in [3.05, 3.63) is 88.8 Å². The topological polar surface area (TPSA) is 27.2 Å². The van der Waals surface area contributed by atoms with Gasteiger partial charge in [0.05, 0.1) is 5.54 Å². The Balaban J connectivity index is 1.64. The molecule has 4 nitrogen and oxygen atoms in total. The van der Waals surface area contributed by atoms with Gasteiger partial charge in [-0.2, -0.15) is 0 Å². The molecule has 0 bridgehead atoms. The summed E-state index contributed by atoms with van der Waals surface area (Å²) >= 11 is 0. The van der Waals surface area contributed by atoms with E-state index < -0.39 is 0 Å². The molecular formula is C34H44N4. The van der Waals surface area contributed by atoms with Crippen LogP contribution in [0, 0.1) is 0 Å². The summed E-state index contributed by atoms with van der Waals surface area (Å²) in [7, 11) is 8.65. The highest BCUT2D eigenvalue weighted by Gasteiger charge is 2.41. The highest BCUT2D eigenvalue weighted by molar-refractivity contribution is 5.88. The second-order valence-electron chi connectivity index (χ2n) is 12.1. The van der Waals surface area contributed by atoms with Crippen LogP contribution in [0.4, 0.5) is 0 Å². The normalized spacial score (nSPS) is 19.4. The summed E-state index contributed by atoms with van der Waals surface area (Å²) in [5.74, 6) is 0.412. The minimum Gasteiger partial charge on any atom is -0.355 e. The van der Waals surface area contributed by atoms with Gasteiger partial charge in [0.2, 0.25) is 0 Å². The minimum atomic E-state index is -0.113. The molecule has 0 aliphatic carbocycles. The number of likely N-dealkylation sites (N-methyl/N-ethyl adjacent to an activating group) is 2. The smallest absolute Gasteiger partial charge is 0.0616 e. The predicted octanol–water partition coefficient (Wildman–Crippen LogP) is 7.21.